The van der Waals surface area contributed by atoms with Gasteiger partial charge in [0.05, 0.1) is 6.54 Å². The lowest BCUT2D eigenvalue weighted by Crippen LogP contribution is -2.39. The molecule has 0 saturated heterocycles. The Kier molecular flexibility index (Phi) is 12.7. The fourth-order valence-corrected chi connectivity index (χ4v) is 2.64. The van der Waals surface area contributed by atoms with E-state index in [2.05, 4.69) is 15.6 Å². The normalized spacial score (nSPS) is 10.8. The highest BCUT2D eigenvalue weighted by Gasteiger charge is 2.06. The van der Waals surface area contributed by atoms with Crippen molar-refractivity contribution in [1.82, 2.24) is 15.5 Å². The van der Waals surface area contributed by atoms with Gasteiger partial charge in [0.15, 0.2) is 5.96 Å². The standard InChI is InChI=1S/C17H27FN4OS.HI/c1-5-19-17(20-9-8-16(23)22(2)3)21-11-13-6-7-15(18)10-14(13)12-24-4;/h6-7,10H,5,8-9,11-12H2,1-4H3,(H2,19,20,21);1H. The Labute approximate surface area is 171 Å². The van der Waals surface area contributed by atoms with E-state index in [4.69, 9.17) is 0 Å². The van der Waals surface area contributed by atoms with Gasteiger partial charge < -0.3 is 15.5 Å². The molecule has 0 heterocycles. The summed E-state index contributed by atoms with van der Waals surface area (Å²) in [5.74, 6) is 1.26. The average molecular weight is 482 g/mol. The second-order valence-electron chi connectivity index (χ2n) is 5.51. The molecule has 1 aromatic carbocycles. The molecule has 1 aromatic rings. The molecule has 142 valence electrons. The lowest BCUT2D eigenvalue weighted by Gasteiger charge is -2.14. The molecule has 0 radical (unpaired) electrons. The van der Waals surface area contributed by atoms with Gasteiger partial charge in [0.25, 0.3) is 0 Å². The topological polar surface area (TPSA) is 56.7 Å². The molecule has 1 amide bonds. The average Bonchev–Trinajstić information content (AvgIpc) is 2.54. The molecule has 0 saturated carbocycles. The summed E-state index contributed by atoms with van der Waals surface area (Å²) < 4.78 is 13.4. The predicted octanol–water partition coefficient (Wildman–Crippen LogP) is 2.84. The Morgan fingerprint density at radius 3 is 2.60 bits per heavy atom. The molecular weight excluding hydrogens is 454 g/mol. The van der Waals surface area contributed by atoms with Gasteiger partial charge in [-0.3, -0.25) is 4.79 Å². The lowest BCUT2D eigenvalue weighted by atomic mass is 10.1. The van der Waals surface area contributed by atoms with Crippen LogP contribution in [0.3, 0.4) is 0 Å². The van der Waals surface area contributed by atoms with Crippen LogP contribution in [0.25, 0.3) is 0 Å². The molecule has 0 aromatic heterocycles. The summed E-state index contributed by atoms with van der Waals surface area (Å²) in [5, 5.41) is 6.31. The molecule has 5 nitrogen and oxygen atoms in total. The highest BCUT2D eigenvalue weighted by Crippen LogP contribution is 2.17. The van der Waals surface area contributed by atoms with E-state index in [9.17, 15) is 9.18 Å². The number of carbonyl (C=O) groups is 1. The van der Waals surface area contributed by atoms with Gasteiger partial charge >= 0.3 is 0 Å². The minimum atomic E-state index is -0.223. The van der Waals surface area contributed by atoms with E-state index in [0.717, 1.165) is 23.4 Å². The molecule has 0 fully saturated rings. The SMILES string of the molecule is CCNC(=NCc1ccc(F)cc1CSC)NCCC(=O)N(C)C.I. The molecule has 0 spiro atoms. The Morgan fingerprint density at radius 2 is 2.00 bits per heavy atom. The van der Waals surface area contributed by atoms with Crippen LogP contribution in [0.15, 0.2) is 23.2 Å². The van der Waals surface area contributed by atoms with Gasteiger partial charge in [-0.05, 0) is 36.4 Å². The minimum absolute atomic E-state index is 0. The van der Waals surface area contributed by atoms with Crippen LogP contribution in [-0.2, 0) is 17.1 Å². The van der Waals surface area contributed by atoms with Gasteiger partial charge in [0.2, 0.25) is 5.91 Å². The van der Waals surface area contributed by atoms with Crippen molar-refractivity contribution < 1.29 is 9.18 Å². The van der Waals surface area contributed by atoms with Crippen molar-refractivity contribution in [3.05, 3.63) is 35.1 Å². The van der Waals surface area contributed by atoms with Gasteiger partial charge in [-0.1, -0.05) is 6.07 Å². The third-order valence-electron chi connectivity index (χ3n) is 3.35. The largest absolute Gasteiger partial charge is 0.357 e. The summed E-state index contributed by atoms with van der Waals surface area (Å²) in [7, 11) is 3.48. The Hall–Kier alpha value is -1.03. The smallest absolute Gasteiger partial charge is 0.223 e. The zero-order valence-corrected chi connectivity index (χ0v) is 18.4. The van der Waals surface area contributed by atoms with Crippen LogP contribution in [0.1, 0.15) is 24.5 Å². The van der Waals surface area contributed by atoms with Crippen LogP contribution in [-0.4, -0.2) is 50.2 Å². The molecule has 0 bridgehead atoms. The van der Waals surface area contributed by atoms with Gasteiger partial charge in [-0.2, -0.15) is 11.8 Å². The van der Waals surface area contributed by atoms with E-state index in [-0.39, 0.29) is 35.7 Å². The fourth-order valence-electron chi connectivity index (χ4n) is 2.06. The van der Waals surface area contributed by atoms with Crippen molar-refractivity contribution in [1.29, 1.82) is 0 Å². The summed E-state index contributed by atoms with van der Waals surface area (Å²) in [6.45, 7) is 3.70. The minimum Gasteiger partial charge on any atom is -0.357 e. The van der Waals surface area contributed by atoms with Crippen molar-refractivity contribution in [2.45, 2.75) is 25.6 Å². The number of rotatable bonds is 8. The molecule has 0 aliphatic carbocycles. The molecule has 0 aliphatic rings. The third-order valence-corrected chi connectivity index (χ3v) is 3.95. The van der Waals surface area contributed by atoms with E-state index >= 15 is 0 Å². The molecule has 1 rings (SSSR count). The van der Waals surface area contributed by atoms with Gasteiger partial charge in [-0.25, -0.2) is 9.38 Å². The quantitative estimate of drug-likeness (QED) is 0.340. The van der Waals surface area contributed by atoms with Gasteiger partial charge in [0, 0.05) is 39.4 Å². The number of carbonyl (C=O) groups excluding carboxylic acids is 1. The van der Waals surface area contributed by atoms with Crippen LogP contribution in [0, 0.1) is 5.82 Å². The summed E-state index contributed by atoms with van der Waals surface area (Å²) in [6, 6.07) is 4.81. The van der Waals surface area contributed by atoms with Crippen LogP contribution in [0.5, 0.6) is 0 Å². The Bertz CT molecular complexity index is 570. The highest BCUT2D eigenvalue weighted by molar-refractivity contribution is 14.0. The number of halogens is 2. The second-order valence-corrected chi connectivity index (χ2v) is 6.37. The number of guanidine groups is 1. The first-order valence-electron chi connectivity index (χ1n) is 7.96. The first kappa shape index (κ1) is 24.0. The zero-order valence-electron chi connectivity index (χ0n) is 15.3. The van der Waals surface area contributed by atoms with Crippen LogP contribution < -0.4 is 10.6 Å². The number of thioether (sulfide) groups is 1. The van der Waals surface area contributed by atoms with E-state index in [1.807, 2.05) is 13.2 Å². The monoisotopic (exact) mass is 482 g/mol. The third kappa shape index (κ3) is 9.29. The molecule has 2 N–H and O–H groups in total. The lowest BCUT2D eigenvalue weighted by molar-refractivity contribution is -0.128. The van der Waals surface area contributed by atoms with Crippen molar-refractivity contribution in [2.24, 2.45) is 4.99 Å². The number of hydrogen-bond donors (Lipinski definition) is 2. The molecule has 0 aliphatic heterocycles. The van der Waals surface area contributed by atoms with E-state index in [0.29, 0.717) is 25.5 Å². The van der Waals surface area contributed by atoms with Crippen LogP contribution >= 0.6 is 35.7 Å². The summed E-state index contributed by atoms with van der Waals surface area (Å²) in [5.41, 5.74) is 1.97. The summed E-state index contributed by atoms with van der Waals surface area (Å²) in [4.78, 5) is 17.7. The first-order valence-corrected chi connectivity index (χ1v) is 9.35. The zero-order chi connectivity index (χ0) is 17.9. The molecular formula is C17H28FIN4OS. The van der Waals surface area contributed by atoms with E-state index < -0.39 is 0 Å². The van der Waals surface area contributed by atoms with Gasteiger partial charge in [0.1, 0.15) is 5.82 Å². The highest BCUT2D eigenvalue weighted by atomic mass is 127. The molecule has 0 atom stereocenters. The van der Waals surface area contributed by atoms with Crippen molar-refractivity contribution in [2.75, 3.05) is 33.4 Å². The maximum Gasteiger partial charge on any atom is 0.223 e. The van der Waals surface area contributed by atoms with Crippen LogP contribution in [0.4, 0.5) is 4.39 Å². The van der Waals surface area contributed by atoms with Crippen molar-refractivity contribution >= 4 is 47.6 Å². The second kappa shape index (κ2) is 13.2. The number of hydrogen-bond acceptors (Lipinski definition) is 3. The van der Waals surface area contributed by atoms with Gasteiger partial charge in [-0.15, -0.1) is 24.0 Å². The summed E-state index contributed by atoms with van der Waals surface area (Å²) >= 11 is 1.65. The number of nitrogens with zero attached hydrogens (tertiary/aromatic N) is 2. The number of aliphatic imine (C=N–C) groups is 1. The number of nitrogens with one attached hydrogen (secondary N) is 2. The maximum absolute atomic E-state index is 13.4. The van der Waals surface area contributed by atoms with Crippen molar-refractivity contribution in [3.8, 4) is 0 Å². The van der Waals surface area contributed by atoms with Crippen LogP contribution in [0.2, 0.25) is 0 Å². The predicted molar refractivity (Wildman–Crippen MR) is 115 cm³/mol. The van der Waals surface area contributed by atoms with E-state index in [1.165, 1.54) is 6.07 Å². The molecule has 25 heavy (non-hydrogen) atoms. The van der Waals surface area contributed by atoms with E-state index in [1.54, 1.807) is 42.9 Å². The maximum atomic E-state index is 13.4. The first-order chi connectivity index (χ1) is 11.5. The molecule has 8 heteroatoms. The Balaban J connectivity index is 0.00000576. The number of amides is 1. The Morgan fingerprint density at radius 1 is 1.28 bits per heavy atom. The molecule has 0 unspecified atom stereocenters. The van der Waals surface area contributed by atoms with Crippen molar-refractivity contribution in [3.63, 3.8) is 0 Å². The number of benzene rings is 1. The fraction of sp³-hybridized carbons (Fsp3) is 0.529. The summed E-state index contributed by atoms with van der Waals surface area (Å²) in [6.07, 6.45) is 2.40.